The molecule has 1 amide bonds. The first-order chi connectivity index (χ1) is 18.0. The number of nitrogens with one attached hydrogen (secondary N) is 3. The van der Waals surface area contributed by atoms with E-state index in [0.717, 1.165) is 25.9 Å². The van der Waals surface area contributed by atoms with Gasteiger partial charge in [-0.3, -0.25) is 4.79 Å². The number of ether oxygens (including phenoxy) is 1. The van der Waals surface area contributed by atoms with Crippen molar-refractivity contribution in [2.24, 2.45) is 46.3 Å². The standard InChI is InChI=1S/C31H55N3O4/c1-19(2)32-15-16-33-22-11-13-30(4)21(17-22)18-26(34-29(37)38-6)28-24-9-8-23(20(3)7-10-27(35)36)31(24,5)14-12-25(28)30/h19-26,28,32-33H,7-18H2,1-6H3,(H,34,37)(H,35,36)/t20-,21-,22?,23-,24?,25?,26-,28?,30+,31-/m1/s1. The number of hydrogen-bond donors (Lipinski definition) is 4. The molecule has 0 bridgehead atoms. The van der Waals surface area contributed by atoms with E-state index in [1.807, 2.05) is 0 Å². The maximum Gasteiger partial charge on any atom is 0.407 e. The van der Waals surface area contributed by atoms with Crippen molar-refractivity contribution < 1.29 is 19.4 Å². The van der Waals surface area contributed by atoms with Gasteiger partial charge in [-0.15, -0.1) is 0 Å². The van der Waals surface area contributed by atoms with Gasteiger partial charge in [0.15, 0.2) is 0 Å². The molecule has 7 nitrogen and oxygen atoms in total. The van der Waals surface area contributed by atoms with Crippen LogP contribution in [0.2, 0.25) is 0 Å². The highest BCUT2D eigenvalue weighted by atomic mass is 16.5. The molecule has 0 saturated heterocycles. The molecule has 4 saturated carbocycles. The van der Waals surface area contributed by atoms with Crippen LogP contribution < -0.4 is 16.0 Å². The van der Waals surface area contributed by atoms with E-state index in [0.29, 0.717) is 53.0 Å². The summed E-state index contributed by atoms with van der Waals surface area (Å²) in [5.74, 6) is 2.58. The van der Waals surface area contributed by atoms with Crippen molar-refractivity contribution in [1.82, 2.24) is 16.0 Å². The van der Waals surface area contributed by atoms with Gasteiger partial charge in [-0.2, -0.15) is 0 Å². The zero-order valence-corrected chi connectivity index (χ0v) is 24.9. The predicted molar refractivity (Wildman–Crippen MR) is 151 cm³/mol. The molecule has 0 heterocycles. The number of carboxylic acid groups (broad SMARTS) is 1. The van der Waals surface area contributed by atoms with Crippen molar-refractivity contribution >= 4 is 12.1 Å². The van der Waals surface area contributed by atoms with Gasteiger partial charge in [0.1, 0.15) is 0 Å². The molecule has 218 valence electrons. The monoisotopic (exact) mass is 533 g/mol. The Balaban J connectivity index is 1.52. The first-order valence-electron chi connectivity index (χ1n) is 15.5. The summed E-state index contributed by atoms with van der Waals surface area (Å²) in [5, 5.41) is 20.0. The van der Waals surface area contributed by atoms with Gasteiger partial charge in [-0.05, 0) is 104 Å². The van der Waals surface area contributed by atoms with Crippen molar-refractivity contribution in [3.8, 4) is 0 Å². The molecule has 4 unspecified atom stereocenters. The summed E-state index contributed by atoms with van der Waals surface area (Å²) in [6, 6.07) is 1.22. The lowest BCUT2D eigenvalue weighted by Gasteiger charge is -2.63. The highest BCUT2D eigenvalue weighted by molar-refractivity contribution is 5.67. The van der Waals surface area contributed by atoms with E-state index in [-0.39, 0.29) is 24.0 Å². The van der Waals surface area contributed by atoms with E-state index in [9.17, 15) is 14.7 Å². The number of methoxy groups -OCH3 is 1. The van der Waals surface area contributed by atoms with E-state index >= 15 is 0 Å². The molecule has 4 fully saturated rings. The molecule has 0 aromatic rings. The molecular weight excluding hydrogens is 478 g/mol. The lowest BCUT2D eigenvalue weighted by atomic mass is 9.43. The van der Waals surface area contributed by atoms with Gasteiger partial charge in [-0.25, -0.2) is 4.79 Å². The number of aliphatic carboxylic acids is 1. The zero-order valence-electron chi connectivity index (χ0n) is 24.9. The van der Waals surface area contributed by atoms with Gasteiger partial charge in [0.2, 0.25) is 0 Å². The number of carbonyl (C=O) groups is 2. The van der Waals surface area contributed by atoms with Crippen LogP contribution in [0.3, 0.4) is 0 Å². The smallest absolute Gasteiger partial charge is 0.407 e. The van der Waals surface area contributed by atoms with Crippen LogP contribution in [0.1, 0.15) is 98.8 Å². The van der Waals surface area contributed by atoms with Gasteiger partial charge in [0, 0.05) is 37.6 Å². The van der Waals surface area contributed by atoms with Crippen LogP contribution >= 0.6 is 0 Å². The fourth-order valence-corrected chi connectivity index (χ4v) is 9.98. The molecule has 38 heavy (non-hydrogen) atoms. The number of carboxylic acids is 1. The number of fused-ring (bicyclic) bond motifs is 5. The minimum atomic E-state index is -0.685. The molecule has 0 spiro atoms. The van der Waals surface area contributed by atoms with Crippen LogP contribution in [0.25, 0.3) is 0 Å². The highest BCUT2D eigenvalue weighted by Crippen LogP contribution is 2.68. The number of amides is 1. The molecule has 0 radical (unpaired) electrons. The molecule has 4 aliphatic rings. The number of rotatable bonds is 10. The molecule has 4 N–H and O–H groups in total. The second kappa shape index (κ2) is 12.0. The molecule has 0 aromatic carbocycles. The number of hydrogen-bond acceptors (Lipinski definition) is 5. The Bertz CT molecular complexity index is 836. The van der Waals surface area contributed by atoms with Crippen molar-refractivity contribution in [2.75, 3.05) is 20.2 Å². The van der Waals surface area contributed by atoms with Gasteiger partial charge in [0.25, 0.3) is 0 Å². The molecule has 0 aliphatic heterocycles. The Kier molecular flexibility index (Phi) is 9.39. The Hall–Kier alpha value is -1.34. The summed E-state index contributed by atoms with van der Waals surface area (Å²) >= 11 is 0. The van der Waals surface area contributed by atoms with Crippen LogP contribution in [-0.4, -0.2) is 55.5 Å². The van der Waals surface area contributed by atoms with E-state index in [1.165, 1.54) is 52.1 Å². The van der Waals surface area contributed by atoms with Gasteiger partial charge in [-0.1, -0.05) is 34.6 Å². The maximum absolute atomic E-state index is 12.6. The summed E-state index contributed by atoms with van der Waals surface area (Å²) < 4.78 is 5.12. The molecule has 7 heteroatoms. The van der Waals surface area contributed by atoms with E-state index < -0.39 is 5.97 Å². The number of alkyl carbamates (subject to hydrolysis) is 1. The molecule has 0 aromatic heterocycles. The highest BCUT2D eigenvalue weighted by Gasteiger charge is 2.63. The van der Waals surface area contributed by atoms with Gasteiger partial charge >= 0.3 is 12.1 Å². The SMILES string of the molecule is COC(=O)N[C@@H]1C[C@H]2CC(NCCNC(C)C)CC[C@]2(C)C2CC[C@@]3(C)C(CC[C@@H]3[C@H](C)CCC(=O)O)C21. The van der Waals surface area contributed by atoms with Crippen LogP contribution in [0, 0.1) is 46.3 Å². The lowest BCUT2D eigenvalue weighted by molar-refractivity contribution is -0.138. The zero-order chi connectivity index (χ0) is 27.7. The predicted octanol–water partition coefficient (Wildman–Crippen LogP) is 5.44. The van der Waals surface area contributed by atoms with Crippen molar-refractivity contribution in [3.63, 3.8) is 0 Å². The van der Waals surface area contributed by atoms with Crippen LogP contribution in [0.15, 0.2) is 0 Å². The second-order valence-corrected chi connectivity index (χ2v) is 14.1. The summed E-state index contributed by atoms with van der Waals surface area (Å²) in [6.45, 7) is 13.7. The first-order valence-corrected chi connectivity index (χ1v) is 15.5. The summed E-state index contributed by atoms with van der Waals surface area (Å²) in [5.41, 5.74) is 0.544. The normalized spacial score (nSPS) is 41.1. The van der Waals surface area contributed by atoms with Gasteiger partial charge in [0.05, 0.1) is 7.11 Å². The van der Waals surface area contributed by atoms with E-state index in [2.05, 4.69) is 50.6 Å². The fraction of sp³-hybridized carbons (Fsp3) is 0.935. The Labute approximate surface area is 231 Å². The topological polar surface area (TPSA) is 99.7 Å². The van der Waals surface area contributed by atoms with Crippen molar-refractivity contribution in [3.05, 3.63) is 0 Å². The molecule has 4 rings (SSSR count). The second-order valence-electron chi connectivity index (χ2n) is 14.1. The van der Waals surface area contributed by atoms with Gasteiger partial charge < -0.3 is 25.8 Å². The van der Waals surface area contributed by atoms with E-state index in [1.54, 1.807) is 0 Å². The Morgan fingerprint density at radius 2 is 1.68 bits per heavy atom. The molecule has 4 aliphatic carbocycles. The van der Waals surface area contributed by atoms with Crippen molar-refractivity contribution in [1.29, 1.82) is 0 Å². The maximum atomic E-state index is 12.6. The Morgan fingerprint density at radius 1 is 0.974 bits per heavy atom. The van der Waals surface area contributed by atoms with Crippen LogP contribution in [-0.2, 0) is 9.53 Å². The average Bonchev–Trinajstić information content (AvgIpc) is 3.22. The fourth-order valence-electron chi connectivity index (χ4n) is 9.98. The minimum absolute atomic E-state index is 0.157. The Morgan fingerprint density at radius 3 is 2.37 bits per heavy atom. The molecular formula is C31H55N3O4. The van der Waals surface area contributed by atoms with Crippen LogP contribution in [0.5, 0.6) is 0 Å². The quantitative estimate of drug-likeness (QED) is 0.279. The lowest BCUT2D eigenvalue weighted by Crippen LogP contribution is -2.62. The first kappa shape index (κ1) is 29.6. The van der Waals surface area contributed by atoms with Crippen molar-refractivity contribution in [2.45, 2.75) is 117 Å². The third-order valence-corrected chi connectivity index (χ3v) is 11.9. The summed E-state index contributed by atoms with van der Waals surface area (Å²) in [6.07, 6.45) is 10.3. The third-order valence-electron chi connectivity index (χ3n) is 11.9. The summed E-state index contributed by atoms with van der Waals surface area (Å²) in [4.78, 5) is 23.8. The molecule has 10 atom stereocenters. The average molecular weight is 534 g/mol. The minimum Gasteiger partial charge on any atom is -0.481 e. The largest absolute Gasteiger partial charge is 0.481 e. The summed E-state index contributed by atoms with van der Waals surface area (Å²) in [7, 11) is 1.48. The number of carbonyl (C=O) groups excluding carboxylic acids is 1. The van der Waals surface area contributed by atoms with Crippen LogP contribution in [0.4, 0.5) is 4.79 Å². The van der Waals surface area contributed by atoms with E-state index in [4.69, 9.17) is 4.74 Å². The third kappa shape index (κ3) is 5.89.